The minimum Gasteiger partial charge on any atom is -0.314 e. The van der Waals surface area contributed by atoms with E-state index in [-0.39, 0.29) is 5.82 Å². The number of unbranched alkanes of at least 4 members (excludes halogenated alkanes) is 2. The Bertz CT molecular complexity index is 413. The summed E-state index contributed by atoms with van der Waals surface area (Å²) in [5, 5.41) is 3.41. The fourth-order valence-corrected chi connectivity index (χ4v) is 3.13. The molecule has 1 atom stereocenters. The van der Waals surface area contributed by atoms with E-state index in [9.17, 15) is 4.39 Å². The first-order valence-electron chi connectivity index (χ1n) is 7.93. The number of halogens is 1. The minimum atomic E-state index is -0.126. The number of aryl methyl sites for hydroxylation is 1. The molecule has 0 aliphatic carbocycles. The zero-order chi connectivity index (χ0) is 14.4. The summed E-state index contributed by atoms with van der Waals surface area (Å²) < 4.78 is 13.3. The smallest absolute Gasteiger partial charge is 0.123 e. The Kier molecular flexibility index (Phi) is 5.99. The molecule has 1 fully saturated rings. The standard InChI is InChI=1S/C17H27FN2/c1-3-4-5-6-17(20-11-9-19-10-12-20)16-8-7-15(18)13-14(16)2/h7-8,13,17,19H,3-6,9-12H2,1-2H3/t17-/m1/s1. The third-order valence-corrected chi connectivity index (χ3v) is 4.26. The lowest BCUT2D eigenvalue weighted by molar-refractivity contribution is 0.162. The molecule has 0 aromatic heterocycles. The average Bonchev–Trinajstić information content (AvgIpc) is 2.46. The second-order valence-electron chi connectivity index (χ2n) is 5.80. The molecule has 1 heterocycles. The van der Waals surface area contributed by atoms with E-state index in [1.807, 2.05) is 13.0 Å². The molecule has 2 rings (SSSR count). The zero-order valence-electron chi connectivity index (χ0n) is 12.8. The van der Waals surface area contributed by atoms with Crippen LogP contribution in [0.2, 0.25) is 0 Å². The van der Waals surface area contributed by atoms with Crippen molar-refractivity contribution in [3.63, 3.8) is 0 Å². The van der Waals surface area contributed by atoms with Gasteiger partial charge in [0.05, 0.1) is 0 Å². The van der Waals surface area contributed by atoms with E-state index in [2.05, 4.69) is 17.1 Å². The lowest BCUT2D eigenvalue weighted by Gasteiger charge is -2.36. The van der Waals surface area contributed by atoms with E-state index in [4.69, 9.17) is 0 Å². The summed E-state index contributed by atoms with van der Waals surface area (Å²) in [6.45, 7) is 8.58. The highest BCUT2D eigenvalue weighted by Gasteiger charge is 2.23. The molecule has 20 heavy (non-hydrogen) atoms. The van der Waals surface area contributed by atoms with Gasteiger partial charge < -0.3 is 5.32 Å². The second-order valence-corrected chi connectivity index (χ2v) is 5.80. The highest BCUT2D eigenvalue weighted by molar-refractivity contribution is 5.29. The molecule has 0 spiro atoms. The Labute approximate surface area is 122 Å². The fourth-order valence-electron chi connectivity index (χ4n) is 3.13. The number of rotatable bonds is 6. The van der Waals surface area contributed by atoms with Crippen molar-refractivity contribution < 1.29 is 4.39 Å². The number of hydrogen-bond donors (Lipinski definition) is 1. The highest BCUT2D eigenvalue weighted by Crippen LogP contribution is 2.29. The maximum absolute atomic E-state index is 13.3. The van der Waals surface area contributed by atoms with Crippen LogP contribution >= 0.6 is 0 Å². The van der Waals surface area contributed by atoms with E-state index in [0.717, 1.165) is 31.7 Å². The Morgan fingerprint density at radius 2 is 2.00 bits per heavy atom. The SMILES string of the molecule is CCCCC[C@H](c1ccc(F)cc1C)N1CCNCC1. The summed E-state index contributed by atoms with van der Waals surface area (Å²) >= 11 is 0. The topological polar surface area (TPSA) is 15.3 Å². The lowest BCUT2D eigenvalue weighted by Crippen LogP contribution is -2.45. The molecule has 2 nitrogen and oxygen atoms in total. The van der Waals surface area contributed by atoms with Gasteiger partial charge in [-0.1, -0.05) is 32.3 Å². The van der Waals surface area contributed by atoms with Gasteiger partial charge in [-0.05, 0) is 36.6 Å². The average molecular weight is 278 g/mol. The van der Waals surface area contributed by atoms with Crippen LogP contribution < -0.4 is 5.32 Å². The van der Waals surface area contributed by atoms with Crippen LogP contribution in [0.5, 0.6) is 0 Å². The number of nitrogens with one attached hydrogen (secondary N) is 1. The van der Waals surface area contributed by atoms with Crippen LogP contribution in [0.3, 0.4) is 0 Å². The van der Waals surface area contributed by atoms with E-state index in [1.165, 1.54) is 31.2 Å². The fraction of sp³-hybridized carbons (Fsp3) is 0.647. The van der Waals surface area contributed by atoms with Crippen LogP contribution in [0.4, 0.5) is 4.39 Å². The van der Waals surface area contributed by atoms with E-state index < -0.39 is 0 Å². The molecule has 1 aliphatic rings. The summed E-state index contributed by atoms with van der Waals surface area (Å²) in [6.07, 6.45) is 4.96. The van der Waals surface area contributed by atoms with Gasteiger partial charge in [-0.25, -0.2) is 4.39 Å². The minimum absolute atomic E-state index is 0.126. The molecular weight excluding hydrogens is 251 g/mol. The van der Waals surface area contributed by atoms with E-state index >= 15 is 0 Å². The van der Waals surface area contributed by atoms with Crippen LogP contribution in [0.1, 0.15) is 49.8 Å². The molecule has 3 heteroatoms. The van der Waals surface area contributed by atoms with E-state index in [1.54, 1.807) is 12.1 Å². The van der Waals surface area contributed by atoms with Gasteiger partial charge in [0.1, 0.15) is 5.82 Å². The van der Waals surface area contributed by atoms with Crippen molar-refractivity contribution in [2.24, 2.45) is 0 Å². The molecule has 0 radical (unpaired) electrons. The van der Waals surface area contributed by atoms with Crippen molar-refractivity contribution in [1.82, 2.24) is 10.2 Å². The number of benzene rings is 1. The zero-order valence-corrected chi connectivity index (χ0v) is 12.8. The molecule has 1 saturated heterocycles. The maximum atomic E-state index is 13.3. The number of hydrogen-bond acceptors (Lipinski definition) is 2. The quantitative estimate of drug-likeness (QED) is 0.799. The van der Waals surface area contributed by atoms with Crippen LogP contribution in [-0.4, -0.2) is 31.1 Å². The summed E-state index contributed by atoms with van der Waals surface area (Å²) in [5.74, 6) is -0.126. The van der Waals surface area contributed by atoms with Gasteiger partial charge in [0.2, 0.25) is 0 Å². The maximum Gasteiger partial charge on any atom is 0.123 e. The lowest BCUT2D eigenvalue weighted by atomic mass is 9.94. The molecule has 0 amide bonds. The Morgan fingerprint density at radius 1 is 1.25 bits per heavy atom. The normalized spacial score (nSPS) is 18.1. The molecule has 1 aromatic rings. The Hall–Kier alpha value is -0.930. The van der Waals surface area contributed by atoms with Crippen molar-refractivity contribution in [3.8, 4) is 0 Å². The van der Waals surface area contributed by atoms with Gasteiger partial charge in [0, 0.05) is 32.2 Å². The molecule has 1 aromatic carbocycles. The first-order chi connectivity index (χ1) is 9.72. The van der Waals surface area contributed by atoms with Gasteiger partial charge in [0.25, 0.3) is 0 Å². The molecule has 1 aliphatic heterocycles. The van der Waals surface area contributed by atoms with Crippen molar-refractivity contribution in [3.05, 3.63) is 35.1 Å². The molecule has 1 N–H and O–H groups in total. The number of nitrogens with zero attached hydrogens (tertiary/aromatic N) is 1. The highest BCUT2D eigenvalue weighted by atomic mass is 19.1. The summed E-state index contributed by atoms with van der Waals surface area (Å²) in [6, 6.07) is 5.72. The molecule has 0 bridgehead atoms. The summed E-state index contributed by atoms with van der Waals surface area (Å²) in [7, 11) is 0. The monoisotopic (exact) mass is 278 g/mol. The van der Waals surface area contributed by atoms with Gasteiger partial charge in [-0.15, -0.1) is 0 Å². The van der Waals surface area contributed by atoms with Crippen LogP contribution in [-0.2, 0) is 0 Å². The summed E-state index contributed by atoms with van der Waals surface area (Å²) in [4.78, 5) is 2.56. The van der Waals surface area contributed by atoms with Gasteiger partial charge >= 0.3 is 0 Å². The Morgan fingerprint density at radius 3 is 2.65 bits per heavy atom. The van der Waals surface area contributed by atoms with Gasteiger partial charge in [-0.2, -0.15) is 0 Å². The van der Waals surface area contributed by atoms with E-state index in [0.29, 0.717) is 6.04 Å². The van der Waals surface area contributed by atoms with Crippen LogP contribution in [0.25, 0.3) is 0 Å². The van der Waals surface area contributed by atoms with Crippen molar-refractivity contribution in [2.45, 2.75) is 45.6 Å². The predicted molar refractivity (Wildman–Crippen MR) is 82.5 cm³/mol. The predicted octanol–water partition coefficient (Wildman–Crippen LogP) is 3.66. The first-order valence-corrected chi connectivity index (χ1v) is 7.93. The molecule has 0 unspecified atom stereocenters. The Balaban J connectivity index is 2.15. The number of piperazine rings is 1. The third-order valence-electron chi connectivity index (χ3n) is 4.26. The summed E-state index contributed by atoms with van der Waals surface area (Å²) in [5.41, 5.74) is 2.40. The molecule has 112 valence electrons. The van der Waals surface area contributed by atoms with Crippen LogP contribution in [0.15, 0.2) is 18.2 Å². The van der Waals surface area contributed by atoms with Gasteiger partial charge in [0.15, 0.2) is 0 Å². The largest absolute Gasteiger partial charge is 0.314 e. The second kappa shape index (κ2) is 7.75. The molecule has 0 saturated carbocycles. The van der Waals surface area contributed by atoms with Crippen molar-refractivity contribution >= 4 is 0 Å². The van der Waals surface area contributed by atoms with Crippen LogP contribution in [0, 0.1) is 12.7 Å². The first kappa shape index (κ1) is 15.5. The van der Waals surface area contributed by atoms with Crippen molar-refractivity contribution in [1.29, 1.82) is 0 Å². The van der Waals surface area contributed by atoms with Gasteiger partial charge in [-0.3, -0.25) is 4.90 Å². The molecular formula is C17H27FN2. The third kappa shape index (κ3) is 4.03. The van der Waals surface area contributed by atoms with Crippen molar-refractivity contribution in [2.75, 3.05) is 26.2 Å².